The quantitative estimate of drug-likeness (QED) is 0.341. The van der Waals surface area contributed by atoms with E-state index in [0.29, 0.717) is 6.10 Å². The summed E-state index contributed by atoms with van der Waals surface area (Å²) in [5.74, 6) is -0.857. The molecule has 1 unspecified atom stereocenters. The van der Waals surface area contributed by atoms with Crippen LogP contribution in [-0.4, -0.2) is 40.0 Å². The molecule has 0 radical (unpaired) electrons. The highest BCUT2D eigenvalue weighted by Crippen LogP contribution is 2.23. The maximum Gasteiger partial charge on any atom is 0.282 e. The van der Waals surface area contributed by atoms with Crippen molar-refractivity contribution in [3.8, 4) is 0 Å². The second-order valence-electron chi connectivity index (χ2n) is 3.50. The summed E-state index contributed by atoms with van der Waals surface area (Å²) >= 11 is 0. The molecule has 0 N–H and O–H groups in total. The van der Waals surface area contributed by atoms with Crippen molar-refractivity contribution in [2.75, 3.05) is 27.9 Å². The number of rotatable bonds is 8. The summed E-state index contributed by atoms with van der Waals surface area (Å²) < 4.78 is 20.7. The maximum absolute atomic E-state index is 5.18. The van der Waals surface area contributed by atoms with E-state index in [9.17, 15) is 0 Å². The van der Waals surface area contributed by atoms with Crippen LogP contribution in [0, 0.1) is 0 Å². The van der Waals surface area contributed by atoms with Crippen LogP contribution in [0.25, 0.3) is 0 Å². The Morgan fingerprint density at radius 2 is 1.71 bits per heavy atom. The van der Waals surface area contributed by atoms with Gasteiger partial charge in [-0.15, -0.1) is 0 Å². The van der Waals surface area contributed by atoms with Gasteiger partial charge in [0.1, 0.15) is 0 Å². The summed E-state index contributed by atoms with van der Waals surface area (Å²) in [5.41, 5.74) is 0. The number of ether oxygens (including phenoxy) is 4. The van der Waals surface area contributed by atoms with E-state index in [-0.39, 0.29) is 0 Å². The molecule has 1 atom stereocenters. The van der Waals surface area contributed by atoms with Crippen molar-refractivity contribution < 1.29 is 18.9 Å². The molecule has 1 saturated heterocycles. The Kier molecular flexibility index (Phi) is 4.81. The summed E-state index contributed by atoms with van der Waals surface area (Å²) in [6.45, 7) is 0.935. The van der Waals surface area contributed by atoms with Crippen LogP contribution in [0.5, 0.6) is 0 Å². The highest BCUT2D eigenvalue weighted by molar-refractivity contribution is 4.69. The summed E-state index contributed by atoms with van der Waals surface area (Å²) in [5, 5.41) is 0. The van der Waals surface area contributed by atoms with Gasteiger partial charge in [0.2, 0.25) is 0 Å². The first-order chi connectivity index (χ1) is 6.76. The SMILES string of the molecule is COC(CCCCC1CO1)(OC)OC. The smallest absolute Gasteiger partial charge is 0.282 e. The van der Waals surface area contributed by atoms with Gasteiger partial charge >= 0.3 is 0 Å². The van der Waals surface area contributed by atoms with Gasteiger partial charge in [-0.05, 0) is 12.8 Å². The molecule has 0 aromatic rings. The van der Waals surface area contributed by atoms with E-state index < -0.39 is 5.97 Å². The van der Waals surface area contributed by atoms with Gasteiger partial charge in [0, 0.05) is 27.8 Å². The minimum atomic E-state index is -0.857. The van der Waals surface area contributed by atoms with Crippen LogP contribution in [0.4, 0.5) is 0 Å². The van der Waals surface area contributed by atoms with Gasteiger partial charge in [0.05, 0.1) is 12.7 Å². The molecular weight excluding hydrogens is 184 g/mol. The molecular formula is C10H20O4. The van der Waals surface area contributed by atoms with E-state index in [0.717, 1.165) is 32.3 Å². The lowest BCUT2D eigenvalue weighted by Gasteiger charge is -2.28. The predicted molar refractivity (Wildman–Crippen MR) is 52.0 cm³/mol. The highest BCUT2D eigenvalue weighted by atomic mass is 16.9. The standard InChI is InChI=1S/C10H20O4/c1-11-10(12-2,13-3)7-5-4-6-9-8-14-9/h9H,4-8H2,1-3H3. The van der Waals surface area contributed by atoms with E-state index >= 15 is 0 Å². The Bertz CT molecular complexity index is 144. The lowest BCUT2D eigenvalue weighted by molar-refractivity contribution is -0.355. The van der Waals surface area contributed by atoms with Crippen molar-refractivity contribution in [2.24, 2.45) is 0 Å². The highest BCUT2D eigenvalue weighted by Gasteiger charge is 2.29. The van der Waals surface area contributed by atoms with Gasteiger partial charge in [0.15, 0.2) is 0 Å². The van der Waals surface area contributed by atoms with Gasteiger partial charge in [-0.3, -0.25) is 0 Å². The molecule has 0 spiro atoms. The van der Waals surface area contributed by atoms with E-state index in [1.165, 1.54) is 0 Å². The fraction of sp³-hybridized carbons (Fsp3) is 1.00. The van der Waals surface area contributed by atoms with Gasteiger partial charge in [-0.1, -0.05) is 6.42 Å². The normalized spacial score (nSPS) is 21.2. The third kappa shape index (κ3) is 3.53. The topological polar surface area (TPSA) is 40.2 Å². The predicted octanol–water partition coefficient (Wildman–Crippen LogP) is 1.54. The van der Waals surface area contributed by atoms with E-state index in [2.05, 4.69) is 0 Å². The molecule has 1 rings (SSSR count). The zero-order chi connectivity index (χ0) is 10.4. The number of epoxide rings is 1. The summed E-state index contributed by atoms with van der Waals surface area (Å²) in [4.78, 5) is 0. The molecule has 0 saturated carbocycles. The first kappa shape index (κ1) is 11.9. The Labute approximate surface area is 85.5 Å². The zero-order valence-electron chi connectivity index (χ0n) is 9.25. The van der Waals surface area contributed by atoms with Gasteiger partial charge in [-0.2, -0.15) is 0 Å². The van der Waals surface area contributed by atoms with Crippen molar-refractivity contribution in [2.45, 2.75) is 37.8 Å². The molecule has 0 amide bonds. The minimum Gasteiger partial charge on any atom is -0.373 e. The lowest BCUT2D eigenvalue weighted by Crippen LogP contribution is -2.35. The second-order valence-corrected chi connectivity index (χ2v) is 3.50. The van der Waals surface area contributed by atoms with E-state index in [1.807, 2.05) is 0 Å². The molecule has 1 fully saturated rings. The average Bonchev–Trinajstić information content (AvgIpc) is 3.03. The molecule has 84 valence electrons. The zero-order valence-corrected chi connectivity index (χ0v) is 9.25. The fourth-order valence-electron chi connectivity index (χ4n) is 1.50. The van der Waals surface area contributed by atoms with E-state index in [1.54, 1.807) is 21.3 Å². The Morgan fingerprint density at radius 1 is 1.14 bits per heavy atom. The Hall–Kier alpha value is -0.160. The van der Waals surface area contributed by atoms with Crippen LogP contribution in [0.3, 0.4) is 0 Å². The van der Waals surface area contributed by atoms with Crippen molar-refractivity contribution in [3.05, 3.63) is 0 Å². The Balaban J connectivity index is 2.11. The number of methoxy groups -OCH3 is 3. The number of unbranched alkanes of at least 4 members (excludes halogenated alkanes) is 1. The molecule has 14 heavy (non-hydrogen) atoms. The molecule has 1 heterocycles. The van der Waals surface area contributed by atoms with Crippen LogP contribution in [0.15, 0.2) is 0 Å². The first-order valence-electron chi connectivity index (χ1n) is 5.03. The van der Waals surface area contributed by atoms with Crippen molar-refractivity contribution >= 4 is 0 Å². The van der Waals surface area contributed by atoms with Crippen molar-refractivity contribution in [1.29, 1.82) is 0 Å². The lowest BCUT2D eigenvalue weighted by atomic mass is 10.1. The van der Waals surface area contributed by atoms with E-state index in [4.69, 9.17) is 18.9 Å². The van der Waals surface area contributed by atoms with Crippen molar-refractivity contribution in [1.82, 2.24) is 0 Å². The van der Waals surface area contributed by atoms with Crippen LogP contribution in [-0.2, 0) is 18.9 Å². The summed E-state index contributed by atoms with van der Waals surface area (Å²) in [6.07, 6.45) is 4.55. The molecule has 0 aliphatic carbocycles. The Morgan fingerprint density at radius 3 is 2.14 bits per heavy atom. The van der Waals surface area contributed by atoms with Crippen LogP contribution in [0.2, 0.25) is 0 Å². The maximum atomic E-state index is 5.18. The average molecular weight is 204 g/mol. The third-order valence-electron chi connectivity index (χ3n) is 2.59. The third-order valence-corrected chi connectivity index (χ3v) is 2.59. The molecule has 4 nitrogen and oxygen atoms in total. The van der Waals surface area contributed by atoms with Gasteiger partial charge in [-0.25, -0.2) is 0 Å². The summed E-state index contributed by atoms with van der Waals surface area (Å²) in [7, 11) is 4.78. The molecule has 0 aromatic carbocycles. The van der Waals surface area contributed by atoms with Gasteiger partial charge in [0.25, 0.3) is 5.97 Å². The number of hydrogen-bond acceptors (Lipinski definition) is 4. The molecule has 0 bridgehead atoms. The monoisotopic (exact) mass is 204 g/mol. The molecule has 1 aliphatic rings. The largest absolute Gasteiger partial charge is 0.373 e. The number of hydrogen-bond donors (Lipinski definition) is 0. The molecule has 1 aliphatic heterocycles. The van der Waals surface area contributed by atoms with Gasteiger partial charge < -0.3 is 18.9 Å². The minimum absolute atomic E-state index is 0.511. The van der Waals surface area contributed by atoms with Crippen LogP contribution < -0.4 is 0 Å². The van der Waals surface area contributed by atoms with Crippen molar-refractivity contribution in [3.63, 3.8) is 0 Å². The fourth-order valence-corrected chi connectivity index (χ4v) is 1.50. The second kappa shape index (κ2) is 5.66. The van der Waals surface area contributed by atoms with Crippen LogP contribution >= 0.6 is 0 Å². The first-order valence-corrected chi connectivity index (χ1v) is 5.03. The summed E-state index contributed by atoms with van der Waals surface area (Å²) in [6, 6.07) is 0. The van der Waals surface area contributed by atoms with Crippen LogP contribution in [0.1, 0.15) is 25.7 Å². The molecule has 0 aromatic heterocycles. The molecule has 4 heteroatoms.